The summed E-state index contributed by atoms with van der Waals surface area (Å²) in [6.07, 6.45) is 0. The van der Waals surface area contributed by atoms with Crippen LogP contribution in [0.3, 0.4) is 0 Å². The minimum absolute atomic E-state index is 0.176. The van der Waals surface area contributed by atoms with E-state index >= 15 is 0 Å². The standard InChI is InChI=1S/C46H28O/c1-2-13-31-27-33(22-21-29(31)11-1)44-37-17-7-9-19-39(37)45(40-20-10-8-18-38(40)44)36-16-6-5-14-34(36)32-23-25-41-43(28-32)47-42-26-24-30-12-3-4-15-35(30)46(41)42/h1-28H/i7D,8D,9D,10D,17D,18D,19D,20D. The molecule has 0 aliphatic rings. The molecule has 1 nitrogen and oxygen atoms in total. The van der Waals surface area contributed by atoms with Crippen molar-refractivity contribution in [2.45, 2.75) is 0 Å². The molecule has 0 fully saturated rings. The molecule has 10 aromatic rings. The van der Waals surface area contributed by atoms with Crippen LogP contribution in [0.1, 0.15) is 11.0 Å². The predicted octanol–water partition coefficient (Wildman–Crippen LogP) is 13.2. The summed E-state index contributed by atoms with van der Waals surface area (Å²) >= 11 is 0. The van der Waals surface area contributed by atoms with Gasteiger partial charge < -0.3 is 4.42 Å². The Hall–Kier alpha value is -6.18. The highest BCUT2D eigenvalue weighted by molar-refractivity contribution is 6.23. The van der Waals surface area contributed by atoms with Crippen LogP contribution in [-0.4, -0.2) is 0 Å². The smallest absolute Gasteiger partial charge is 0.136 e. The molecule has 0 radical (unpaired) electrons. The van der Waals surface area contributed by atoms with E-state index in [1.165, 1.54) is 0 Å². The fourth-order valence-corrected chi connectivity index (χ4v) is 7.19. The molecule has 1 heteroatoms. The average Bonchev–Trinajstić information content (AvgIpc) is 3.60. The Morgan fingerprint density at radius 2 is 0.979 bits per heavy atom. The van der Waals surface area contributed by atoms with Gasteiger partial charge in [-0.2, -0.15) is 0 Å². The number of hydrogen-bond donors (Lipinski definition) is 0. The van der Waals surface area contributed by atoms with Gasteiger partial charge in [0.15, 0.2) is 0 Å². The maximum absolute atomic E-state index is 9.41. The quantitative estimate of drug-likeness (QED) is 0.183. The highest BCUT2D eigenvalue weighted by atomic mass is 16.3. The number of rotatable bonds is 3. The third kappa shape index (κ3) is 3.97. The first kappa shape index (κ1) is 19.4. The fourth-order valence-electron chi connectivity index (χ4n) is 7.19. The Labute approximate surface area is 283 Å². The number of benzene rings is 9. The van der Waals surface area contributed by atoms with Gasteiger partial charge in [0.2, 0.25) is 0 Å². The van der Waals surface area contributed by atoms with Gasteiger partial charge in [-0.3, -0.25) is 0 Å². The van der Waals surface area contributed by atoms with E-state index in [0.29, 0.717) is 33.4 Å². The van der Waals surface area contributed by atoms with Crippen molar-refractivity contribution >= 4 is 65.0 Å². The van der Waals surface area contributed by atoms with Crippen LogP contribution in [-0.2, 0) is 0 Å². The first-order valence-electron chi connectivity index (χ1n) is 19.5. The van der Waals surface area contributed by atoms with Crippen molar-refractivity contribution < 1.29 is 15.4 Å². The zero-order valence-corrected chi connectivity index (χ0v) is 25.0. The summed E-state index contributed by atoms with van der Waals surface area (Å²) in [4.78, 5) is 0. The van der Waals surface area contributed by atoms with Crippen LogP contribution in [0.25, 0.3) is 98.4 Å². The topological polar surface area (TPSA) is 13.1 Å². The van der Waals surface area contributed by atoms with Gasteiger partial charge in [0.25, 0.3) is 0 Å². The van der Waals surface area contributed by atoms with E-state index in [-0.39, 0.29) is 45.7 Å². The largest absolute Gasteiger partial charge is 0.456 e. The minimum Gasteiger partial charge on any atom is -0.456 e. The molecule has 0 atom stereocenters. The molecule has 0 saturated carbocycles. The first-order valence-corrected chi connectivity index (χ1v) is 15.5. The summed E-state index contributed by atoms with van der Waals surface area (Å²) in [5.74, 6) is 0. The lowest BCUT2D eigenvalue weighted by Crippen LogP contribution is -1.92. The van der Waals surface area contributed by atoms with Crippen LogP contribution in [0, 0.1) is 0 Å². The molecule has 0 aliphatic heterocycles. The molecule has 0 saturated heterocycles. The van der Waals surface area contributed by atoms with Gasteiger partial charge in [-0.25, -0.2) is 0 Å². The number of fused-ring (bicyclic) bond motifs is 8. The van der Waals surface area contributed by atoms with E-state index in [2.05, 4.69) is 12.1 Å². The Bertz CT molecular complexity index is 3230. The molecule has 10 rings (SSSR count). The molecule has 0 bridgehead atoms. The molecule has 0 unspecified atom stereocenters. The molecule has 9 aromatic carbocycles. The van der Waals surface area contributed by atoms with Crippen LogP contribution >= 0.6 is 0 Å². The lowest BCUT2D eigenvalue weighted by atomic mass is 9.83. The maximum atomic E-state index is 9.41. The molecule has 0 spiro atoms. The van der Waals surface area contributed by atoms with Crippen molar-refractivity contribution in [3.05, 3.63) is 170 Å². The van der Waals surface area contributed by atoms with Crippen molar-refractivity contribution in [2.75, 3.05) is 0 Å². The summed E-state index contributed by atoms with van der Waals surface area (Å²) in [7, 11) is 0. The monoisotopic (exact) mass is 604 g/mol. The molecule has 0 amide bonds. The highest BCUT2D eigenvalue weighted by Gasteiger charge is 2.20. The van der Waals surface area contributed by atoms with E-state index in [9.17, 15) is 5.48 Å². The van der Waals surface area contributed by atoms with Crippen molar-refractivity contribution in [1.82, 2.24) is 0 Å². The summed E-state index contributed by atoms with van der Waals surface area (Å²) in [5.41, 5.74) is 4.66. The van der Waals surface area contributed by atoms with Gasteiger partial charge in [-0.15, -0.1) is 0 Å². The maximum Gasteiger partial charge on any atom is 0.136 e. The van der Waals surface area contributed by atoms with E-state index in [0.717, 1.165) is 43.5 Å². The number of hydrogen-bond acceptors (Lipinski definition) is 1. The van der Waals surface area contributed by atoms with Crippen molar-refractivity contribution in [1.29, 1.82) is 0 Å². The molecular formula is C46H28O. The van der Waals surface area contributed by atoms with Crippen molar-refractivity contribution in [3.8, 4) is 33.4 Å². The third-order valence-corrected chi connectivity index (χ3v) is 9.28. The van der Waals surface area contributed by atoms with E-state index in [1.54, 1.807) is 0 Å². The van der Waals surface area contributed by atoms with Gasteiger partial charge in [0, 0.05) is 10.8 Å². The molecule has 218 valence electrons. The minimum atomic E-state index is -0.434. The summed E-state index contributed by atoms with van der Waals surface area (Å²) in [6.45, 7) is 0. The Morgan fingerprint density at radius 1 is 0.383 bits per heavy atom. The third-order valence-electron chi connectivity index (χ3n) is 9.28. The van der Waals surface area contributed by atoms with Crippen molar-refractivity contribution in [2.24, 2.45) is 0 Å². The van der Waals surface area contributed by atoms with Crippen LogP contribution in [0.4, 0.5) is 0 Å². The van der Waals surface area contributed by atoms with Crippen LogP contribution in [0.2, 0.25) is 0 Å². The van der Waals surface area contributed by atoms with Gasteiger partial charge in [-0.05, 0) is 101 Å². The zero-order valence-electron chi connectivity index (χ0n) is 33.0. The van der Waals surface area contributed by atoms with Crippen molar-refractivity contribution in [3.63, 3.8) is 0 Å². The summed E-state index contributed by atoms with van der Waals surface area (Å²) in [6, 6.07) is 36.2. The Balaban J connectivity index is 1.36. The van der Waals surface area contributed by atoms with Crippen LogP contribution in [0.5, 0.6) is 0 Å². The second kappa shape index (κ2) is 10.2. The van der Waals surface area contributed by atoms with Gasteiger partial charge in [0.1, 0.15) is 11.2 Å². The lowest BCUT2D eigenvalue weighted by molar-refractivity contribution is 0.669. The lowest BCUT2D eigenvalue weighted by Gasteiger charge is -2.20. The van der Waals surface area contributed by atoms with E-state index < -0.39 is 24.2 Å². The molecule has 0 N–H and O–H groups in total. The van der Waals surface area contributed by atoms with Gasteiger partial charge in [0.05, 0.1) is 11.0 Å². The normalized spacial score (nSPS) is 14.2. The molecular weight excluding hydrogens is 569 g/mol. The van der Waals surface area contributed by atoms with E-state index in [4.69, 9.17) is 9.90 Å². The van der Waals surface area contributed by atoms with Crippen LogP contribution < -0.4 is 0 Å². The predicted molar refractivity (Wildman–Crippen MR) is 200 cm³/mol. The Kier molecular flexibility index (Phi) is 4.19. The molecule has 1 aromatic heterocycles. The first-order chi connectivity index (χ1) is 26.6. The summed E-state index contributed by atoms with van der Waals surface area (Å²) < 4.78 is 79.3. The second-order valence-corrected chi connectivity index (χ2v) is 11.8. The second-order valence-electron chi connectivity index (χ2n) is 11.8. The van der Waals surface area contributed by atoms with E-state index in [1.807, 2.05) is 109 Å². The SMILES string of the molecule is [2H]c1c([2H])c([2H])c2c(-c3ccccc3-c3ccc4c(c3)oc3ccc5ccccc5c34)c3c([2H])c([2H])c([2H])c([2H])c3c(-c3ccc4ccccc4c3)c2c1[2H]. The zero-order chi connectivity index (χ0) is 37.9. The average molecular weight is 605 g/mol. The highest BCUT2D eigenvalue weighted by Crippen LogP contribution is 2.47. The van der Waals surface area contributed by atoms with Crippen LogP contribution in [0.15, 0.2) is 174 Å². The molecule has 47 heavy (non-hydrogen) atoms. The molecule has 0 aliphatic carbocycles. The van der Waals surface area contributed by atoms with Gasteiger partial charge in [-0.1, -0.05) is 145 Å². The Morgan fingerprint density at radius 3 is 1.74 bits per heavy atom. The summed E-state index contributed by atoms with van der Waals surface area (Å²) in [5, 5.41) is 6.72. The molecule has 1 heterocycles. The fraction of sp³-hybridized carbons (Fsp3) is 0. The van der Waals surface area contributed by atoms with Gasteiger partial charge >= 0.3 is 0 Å². The number of furan rings is 1.